The minimum Gasteiger partial charge on any atom is -0.461 e. The molecule has 0 aliphatic heterocycles. The Kier molecular flexibility index (Phi) is 6.70. The molecule has 1 aliphatic carbocycles. The standard InChI is InChI=1S/C20H28O2/c1-3-4-5-19(14-18-8-6-16(2)7-9-18)15-22-20(21)13-12-17-10-11-17/h6-9,14,17H,3-5,10-13,15H2,1-2H3. The van der Waals surface area contributed by atoms with Crippen LogP contribution in [0.3, 0.4) is 0 Å². The van der Waals surface area contributed by atoms with Gasteiger partial charge in [0, 0.05) is 6.42 Å². The van der Waals surface area contributed by atoms with Crippen molar-refractivity contribution in [3.05, 3.63) is 41.0 Å². The number of unbranched alkanes of at least 4 members (excludes halogenated alkanes) is 1. The molecule has 0 N–H and O–H groups in total. The van der Waals surface area contributed by atoms with Crippen LogP contribution in [-0.2, 0) is 9.53 Å². The van der Waals surface area contributed by atoms with Crippen LogP contribution in [0.5, 0.6) is 0 Å². The van der Waals surface area contributed by atoms with Crippen LogP contribution in [-0.4, -0.2) is 12.6 Å². The lowest BCUT2D eigenvalue weighted by Gasteiger charge is -2.09. The van der Waals surface area contributed by atoms with Gasteiger partial charge in [0.25, 0.3) is 0 Å². The van der Waals surface area contributed by atoms with E-state index < -0.39 is 0 Å². The second-order valence-corrected chi connectivity index (χ2v) is 6.46. The number of hydrogen-bond acceptors (Lipinski definition) is 2. The third kappa shape index (κ3) is 6.46. The molecule has 2 rings (SSSR count). The van der Waals surface area contributed by atoms with Gasteiger partial charge in [-0.15, -0.1) is 0 Å². The quantitative estimate of drug-likeness (QED) is 0.578. The fourth-order valence-electron chi connectivity index (χ4n) is 2.46. The fraction of sp³-hybridized carbons (Fsp3) is 0.550. The molecule has 0 heterocycles. The highest BCUT2D eigenvalue weighted by Crippen LogP contribution is 2.33. The second kappa shape index (κ2) is 8.77. The summed E-state index contributed by atoms with van der Waals surface area (Å²) in [7, 11) is 0. The van der Waals surface area contributed by atoms with E-state index in [4.69, 9.17) is 4.74 Å². The zero-order valence-corrected chi connectivity index (χ0v) is 13.9. The minimum absolute atomic E-state index is 0.0433. The van der Waals surface area contributed by atoms with E-state index in [0.29, 0.717) is 13.0 Å². The van der Waals surface area contributed by atoms with E-state index in [0.717, 1.165) is 31.6 Å². The highest BCUT2D eigenvalue weighted by atomic mass is 16.5. The van der Waals surface area contributed by atoms with E-state index in [-0.39, 0.29) is 5.97 Å². The van der Waals surface area contributed by atoms with Crippen molar-refractivity contribution in [2.45, 2.75) is 58.8 Å². The number of aryl methyl sites for hydroxylation is 1. The zero-order valence-electron chi connectivity index (χ0n) is 13.9. The lowest BCUT2D eigenvalue weighted by molar-refractivity contribution is -0.142. The molecule has 1 aromatic rings. The monoisotopic (exact) mass is 300 g/mol. The third-order valence-corrected chi connectivity index (χ3v) is 4.17. The van der Waals surface area contributed by atoms with Gasteiger partial charge < -0.3 is 4.74 Å². The molecular formula is C20H28O2. The van der Waals surface area contributed by atoms with Gasteiger partial charge in [0.05, 0.1) is 0 Å². The number of carbonyl (C=O) groups excluding carboxylic acids is 1. The van der Waals surface area contributed by atoms with E-state index in [1.54, 1.807) is 0 Å². The predicted molar refractivity (Wildman–Crippen MR) is 91.6 cm³/mol. The van der Waals surface area contributed by atoms with Crippen molar-refractivity contribution in [3.63, 3.8) is 0 Å². The molecule has 0 atom stereocenters. The maximum atomic E-state index is 11.8. The molecule has 1 aliphatic rings. The van der Waals surface area contributed by atoms with Crippen molar-refractivity contribution in [3.8, 4) is 0 Å². The summed E-state index contributed by atoms with van der Waals surface area (Å²) in [4.78, 5) is 11.8. The first-order valence-corrected chi connectivity index (χ1v) is 8.59. The Labute approximate surface area is 134 Å². The highest BCUT2D eigenvalue weighted by Gasteiger charge is 2.22. The molecule has 1 aromatic carbocycles. The first-order chi connectivity index (χ1) is 10.7. The number of esters is 1. The molecule has 2 heteroatoms. The van der Waals surface area contributed by atoms with Gasteiger partial charge in [0.1, 0.15) is 6.61 Å². The predicted octanol–water partition coefficient (Wildman–Crippen LogP) is 5.30. The molecule has 0 amide bonds. The largest absolute Gasteiger partial charge is 0.461 e. The molecule has 0 spiro atoms. The fourth-order valence-corrected chi connectivity index (χ4v) is 2.46. The average molecular weight is 300 g/mol. The van der Waals surface area contributed by atoms with E-state index in [1.165, 1.54) is 29.5 Å². The van der Waals surface area contributed by atoms with E-state index in [9.17, 15) is 4.79 Å². The summed E-state index contributed by atoms with van der Waals surface area (Å²) < 4.78 is 5.47. The van der Waals surface area contributed by atoms with Crippen molar-refractivity contribution in [2.24, 2.45) is 5.92 Å². The lowest BCUT2D eigenvalue weighted by atomic mass is 10.0. The summed E-state index contributed by atoms with van der Waals surface area (Å²) in [5, 5.41) is 0. The van der Waals surface area contributed by atoms with Crippen LogP contribution in [0.4, 0.5) is 0 Å². The van der Waals surface area contributed by atoms with Crippen molar-refractivity contribution in [2.75, 3.05) is 6.61 Å². The summed E-state index contributed by atoms with van der Waals surface area (Å²) in [5.74, 6) is 0.744. The molecule has 0 radical (unpaired) electrons. The summed E-state index contributed by atoms with van der Waals surface area (Å²) in [6.07, 6.45) is 9.63. The first-order valence-electron chi connectivity index (χ1n) is 8.59. The van der Waals surface area contributed by atoms with Crippen LogP contribution < -0.4 is 0 Å². The van der Waals surface area contributed by atoms with Gasteiger partial charge >= 0.3 is 5.97 Å². The van der Waals surface area contributed by atoms with E-state index in [2.05, 4.69) is 44.2 Å². The highest BCUT2D eigenvalue weighted by molar-refractivity contribution is 5.69. The molecule has 0 unspecified atom stereocenters. The molecule has 0 aromatic heterocycles. The second-order valence-electron chi connectivity index (χ2n) is 6.46. The molecule has 0 saturated heterocycles. The van der Waals surface area contributed by atoms with Crippen molar-refractivity contribution >= 4 is 12.0 Å². The molecule has 0 bridgehead atoms. The van der Waals surface area contributed by atoms with Gasteiger partial charge in [-0.1, -0.05) is 62.1 Å². The lowest BCUT2D eigenvalue weighted by Crippen LogP contribution is -2.08. The van der Waals surface area contributed by atoms with Crippen LogP contribution >= 0.6 is 0 Å². The molecule has 2 nitrogen and oxygen atoms in total. The molecule has 1 saturated carbocycles. The Hall–Kier alpha value is -1.57. The average Bonchev–Trinajstić information content (AvgIpc) is 3.34. The summed E-state index contributed by atoms with van der Waals surface area (Å²) in [5.41, 5.74) is 3.66. The number of benzene rings is 1. The normalized spacial score (nSPS) is 14.9. The van der Waals surface area contributed by atoms with E-state index >= 15 is 0 Å². The summed E-state index contributed by atoms with van der Waals surface area (Å²) in [6, 6.07) is 8.47. The van der Waals surface area contributed by atoms with Gasteiger partial charge in [-0.3, -0.25) is 4.79 Å². The van der Waals surface area contributed by atoms with Gasteiger partial charge in [0.15, 0.2) is 0 Å². The van der Waals surface area contributed by atoms with Gasteiger partial charge in [-0.2, -0.15) is 0 Å². The number of carbonyl (C=O) groups is 1. The van der Waals surface area contributed by atoms with Crippen LogP contribution in [0.1, 0.15) is 63.0 Å². The minimum atomic E-state index is -0.0433. The van der Waals surface area contributed by atoms with Crippen LogP contribution in [0, 0.1) is 12.8 Å². The Morgan fingerprint density at radius 3 is 2.59 bits per heavy atom. The van der Waals surface area contributed by atoms with Gasteiger partial charge in [-0.05, 0) is 43.2 Å². The number of hydrogen-bond donors (Lipinski definition) is 0. The number of rotatable bonds is 9. The van der Waals surface area contributed by atoms with Gasteiger partial charge in [-0.25, -0.2) is 0 Å². The zero-order chi connectivity index (χ0) is 15.8. The molecule has 120 valence electrons. The van der Waals surface area contributed by atoms with E-state index in [1.807, 2.05) is 0 Å². The third-order valence-electron chi connectivity index (χ3n) is 4.17. The molecule has 1 fully saturated rings. The molecular weight excluding hydrogens is 272 g/mol. The van der Waals surface area contributed by atoms with Crippen LogP contribution in [0.2, 0.25) is 0 Å². The Morgan fingerprint density at radius 2 is 1.95 bits per heavy atom. The number of ether oxygens (including phenoxy) is 1. The Balaban J connectivity index is 1.86. The van der Waals surface area contributed by atoms with Crippen molar-refractivity contribution < 1.29 is 9.53 Å². The summed E-state index contributed by atoms with van der Waals surface area (Å²) in [6.45, 7) is 4.72. The Morgan fingerprint density at radius 1 is 1.23 bits per heavy atom. The first kappa shape index (κ1) is 16.8. The molecule has 22 heavy (non-hydrogen) atoms. The summed E-state index contributed by atoms with van der Waals surface area (Å²) >= 11 is 0. The van der Waals surface area contributed by atoms with Gasteiger partial charge in [0.2, 0.25) is 0 Å². The van der Waals surface area contributed by atoms with Crippen molar-refractivity contribution in [1.29, 1.82) is 0 Å². The van der Waals surface area contributed by atoms with Crippen LogP contribution in [0.25, 0.3) is 6.08 Å². The maximum absolute atomic E-state index is 11.8. The van der Waals surface area contributed by atoms with Crippen molar-refractivity contribution in [1.82, 2.24) is 0 Å². The smallest absolute Gasteiger partial charge is 0.306 e. The maximum Gasteiger partial charge on any atom is 0.306 e. The SMILES string of the molecule is CCCCC(=Cc1ccc(C)cc1)COC(=O)CCC1CC1. The Bertz CT molecular complexity index is 495. The topological polar surface area (TPSA) is 26.3 Å². The van der Waals surface area contributed by atoms with Crippen LogP contribution in [0.15, 0.2) is 29.8 Å².